The number of ether oxygens (including phenoxy) is 1. The Kier molecular flexibility index (Phi) is 6.52. The number of carbonyl (C=O) groups excluding carboxylic acids is 2. The second-order valence-corrected chi connectivity index (χ2v) is 10.6. The smallest absolute Gasteiger partial charge is 0.276 e. The lowest BCUT2D eigenvalue weighted by Gasteiger charge is -2.08. The molecule has 0 atom stereocenters. The maximum Gasteiger partial charge on any atom is 0.276 e. The fraction of sp³-hybridized carbons (Fsp3) is 0.111. The zero-order chi connectivity index (χ0) is 26.9. The van der Waals surface area contributed by atoms with Crippen molar-refractivity contribution in [1.82, 2.24) is 20.3 Å². The molecule has 3 aromatic carbocycles. The van der Waals surface area contributed by atoms with E-state index in [4.69, 9.17) is 4.74 Å². The summed E-state index contributed by atoms with van der Waals surface area (Å²) in [4.78, 5) is 37.8. The molecule has 3 N–H and O–H groups in total. The Hall–Kier alpha value is -4.77. The van der Waals surface area contributed by atoms with Crippen molar-refractivity contribution in [3.8, 4) is 5.75 Å². The number of nitrogens with one attached hydrogen (secondary N) is 3. The second-order valence-electron chi connectivity index (χ2n) is 8.63. The van der Waals surface area contributed by atoms with Gasteiger partial charge in [0, 0.05) is 30.4 Å². The highest BCUT2D eigenvalue weighted by molar-refractivity contribution is 7.90. The van der Waals surface area contributed by atoms with Crippen LogP contribution in [0.5, 0.6) is 5.75 Å². The Morgan fingerprint density at radius 1 is 0.974 bits per heavy atom. The average molecular weight is 530 g/mol. The maximum absolute atomic E-state index is 13.1. The fourth-order valence-corrected chi connectivity index (χ4v) is 4.58. The van der Waals surface area contributed by atoms with Crippen LogP contribution in [0, 0.1) is 0 Å². The number of hydrogen-bond acceptors (Lipinski definition) is 7. The topological polar surface area (TPSA) is 143 Å². The molecule has 5 rings (SSSR count). The van der Waals surface area contributed by atoms with Gasteiger partial charge in [0.25, 0.3) is 11.8 Å². The van der Waals surface area contributed by atoms with E-state index in [0.29, 0.717) is 16.8 Å². The molecule has 192 valence electrons. The van der Waals surface area contributed by atoms with E-state index in [1.165, 1.54) is 19.2 Å². The number of sulfone groups is 1. The summed E-state index contributed by atoms with van der Waals surface area (Å²) in [7, 11) is -1.82. The van der Waals surface area contributed by atoms with Gasteiger partial charge in [0.05, 0.1) is 23.1 Å². The minimum absolute atomic E-state index is 0.152. The van der Waals surface area contributed by atoms with E-state index in [1.54, 1.807) is 36.5 Å². The molecule has 38 heavy (non-hydrogen) atoms. The van der Waals surface area contributed by atoms with Crippen LogP contribution in [0.4, 0.5) is 5.95 Å². The van der Waals surface area contributed by atoms with Crippen LogP contribution in [0.25, 0.3) is 21.8 Å². The first-order valence-electron chi connectivity index (χ1n) is 11.5. The zero-order valence-electron chi connectivity index (χ0n) is 20.5. The molecule has 0 aliphatic heterocycles. The molecule has 2 heterocycles. The standard InChI is InChI=1S/C27H23N5O5S/c1-37-19-12-21(25(33)29-14-16-7-9-20(10-8-16)38(2,35)36)24-22(13-19)30-27(31-24)32-26(34)23-11-17-5-3-4-6-18(17)15-28-23/h3-13,15H,14H2,1-2H3,(H,29,33)(H2,30,31,32,34). The number of nitrogens with zero attached hydrogens (tertiary/aromatic N) is 2. The van der Waals surface area contributed by atoms with Crippen LogP contribution in [0.3, 0.4) is 0 Å². The number of imidazole rings is 1. The molecule has 5 aromatic rings. The Morgan fingerprint density at radius 3 is 2.42 bits per heavy atom. The molecule has 0 bridgehead atoms. The van der Waals surface area contributed by atoms with E-state index in [1.807, 2.05) is 24.3 Å². The van der Waals surface area contributed by atoms with Gasteiger partial charge >= 0.3 is 0 Å². The third-order valence-electron chi connectivity index (χ3n) is 5.94. The molecule has 2 amide bonds. The monoisotopic (exact) mass is 529 g/mol. The van der Waals surface area contributed by atoms with Gasteiger partial charge in [-0.15, -0.1) is 0 Å². The molecule has 0 spiro atoms. The molecule has 2 aromatic heterocycles. The van der Waals surface area contributed by atoms with Crippen molar-refractivity contribution in [2.75, 3.05) is 18.7 Å². The molecular weight excluding hydrogens is 506 g/mol. The van der Waals surface area contributed by atoms with E-state index in [0.717, 1.165) is 22.6 Å². The highest BCUT2D eigenvalue weighted by Gasteiger charge is 2.18. The number of H-pyrrole nitrogens is 1. The van der Waals surface area contributed by atoms with Gasteiger partial charge in [0.15, 0.2) is 9.84 Å². The molecular formula is C27H23N5O5S. The summed E-state index contributed by atoms with van der Waals surface area (Å²) in [6, 6.07) is 18.8. The molecule has 0 unspecified atom stereocenters. The van der Waals surface area contributed by atoms with Crippen LogP contribution in [0.1, 0.15) is 26.4 Å². The summed E-state index contributed by atoms with van der Waals surface area (Å²) in [6.45, 7) is 0.170. The number of pyridine rings is 1. The predicted molar refractivity (Wildman–Crippen MR) is 143 cm³/mol. The van der Waals surface area contributed by atoms with Gasteiger partial charge < -0.3 is 15.0 Å². The van der Waals surface area contributed by atoms with Gasteiger partial charge in [-0.05, 0) is 35.2 Å². The third-order valence-corrected chi connectivity index (χ3v) is 7.07. The number of carbonyl (C=O) groups is 2. The second kappa shape index (κ2) is 9.94. The number of hydrogen-bond donors (Lipinski definition) is 3. The molecule has 0 radical (unpaired) electrons. The van der Waals surface area contributed by atoms with Crippen LogP contribution in [-0.4, -0.2) is 48.5 Å². The van der Waals surface area contributed by atoms with Crippen molar-refractivity contribution in [1.29, 1.82) is 0 Å². The maximum atomic E-state index is 13.1. The van der Waals surface area contributed by atoms with E-state index in [2.05, 4.69) is 25.6 Å². The number of aromatic amines is 1. The lowest BCUT2D eigenvalue weighted by atomic mass is 10.1. The minimum Gasteiger partial charge on any atom is -0.497 e. The number of methoxy groups -OCH3 is 1. The molecule has 0 fully saturated rings. The van der Waals surface area contributed by atoms with Gasteiger partial charge in [-0.3, -0.25) is 19.9 Å². The lowest BCUT2D eigenvalue weighted by molar-refractivity contribution is 0.0951. The van der Waals surface area contributed by atoms with E-state index < -0.39 is 21.7 Å². The van der Waals surface area contributed by atoms with Crippen LogP contribution in [0.2, 0.25) is 0 Å². The van der Waals surface area contributed by atoms with Crippen molar-refractivity contribution in [3.05, 3.63) is 89.7 Å². The van der Waals surface area contributed by atoms with E-state index in [-0.39, 0.29) is 28.6 Å². The first kappa shape index (κ1) is 24.9. The zero-order valence-corrected chi connectivity index (χ0v) is 21.3. The third kappa shape index (κ3) is 5.18. The molecule has 0 aliphatic rings. The number of benzene rings is 3. The Bertz CT molecular complexity index is 1800. The van der Waals surface area contributed by atoms with Crippen molar-refractivity contribution in [3.63, 3.8) is 0 Å². The van der Waals surface area contributed by atoms with Gasteiger partial charge in [-0.2, -0.15) is 0 Å². The van der Waals surface area contributed by atoms with E-state index in [9.17, 15) is 18.0 Å². The molecule has 0 aliphatic carbocycles. The summed E-state index contributed by atoms with van der Waals surface area (Å²) in [5.74, 6) is -0.288. The molecule has 11 heteroatoms. The van der Waals surface area contributed by atoms with Crippen molar-refractivity contribution >= 4 is 49.4 Å². The SMILES string of the molecule is COc1cc(C(=O)NCc2ccc(S(C)(=O)=O)cc2)c2nc(NC(=O)c3cc4ccccc4cn3)[nH]c2c1. The van der Waals surface area contributed by atoms with Crippen molar-refractivity contribution in [2.24, 2.45) is 0 Å². The summed E-state index contributed by atoms with van der Waals surface area (Å²) >= 11 is 0. The summed E-state index contributed by atoms with van der Waals surface area (Å²) in [5, 5.41) is 7.32. The minimum atomic E-state index is -3.31. The predicted octanol–water partition coefficient (Wildman–Crippen LogP) is 3.71. The van der Waals surface area contributed by atoms with Gasteiger partial charge in [-0.1, -0.05) is 36.4 Å². The highest BCUT2D eigenvalue weighted by Crippen LogP contribution is 2.26. The van der Waals surface area contributed by atoms with Crippen LogP contribution in [0.15, 0.2) is 77.8 Å². The molecule has 0 saturated heterocycles. The first-order valence-corrected chi connectivity index (χ1v) is 13.4. The van der Waals surface area contributed by atoms with E-state index >= 15 is 0 Å². The summed E-state index contributed by atoms with van der Waals surface area (Å²) in [6.07, 6.45) is 2.77. The molecule has 10 nitrogen and oxygen atoms in total. The Morgan fingerprint density at radius 2 is 1.71 bits per heavy atom. The normalized spacial score (nSPS) is 11.4. The number of amides is 2. The van der Waals surface area contributed by atoms with Crippen molar-refractivity contribution < 1.29 is 22.7 Å². The van der Waals surface area contributed by atoms with Gasteiger partial charge in [-0.25, -0.2) is 13.4 Å². The number of rotatable bonds is 7. The van der Waals surface area contributed by atoms with Gasteiger partial charge in [0.2, 0.25) is 5.95 Å². The largest absolute Gasteiger partial charge is 0.497 e. The Balaban J connectivity index is 1.37. The first-order chi connectivity index (χ1) is 18.2. The Labute approximate surface area is 218 Å². The molecule has 0 saturated carbocycles. The number of aromatic nitrogens is 3. The van der Waals surface area contributed by atoms with Crippen LogP contribution in [-0.2, 0) is 16.4 Å². The summed E-state index contributed by atoms with van der Waals surface area (Å²) < 4.78 is 28.7. The van der Waals surface area contributed by atoms with Crippen LogP contribution >= 0.6 is 0 Å². The summed E-state index contributed by atoms with van der Waals surface area (Å²) in [5.41, 5.74) is 2.03. The average Bonchev–Trinajstić information content (AvgIpc) is 3.32. The van der Waals surface area contributed by atoms with Crippen molar-refractivity contribution in [2.45, 2.75) is 11.4 Å². The van der Waals surface area contributed by atoms with Gasteiger partial charge in [0.1, 0.15) is 17.0 Å². The van der Waals surface area contributed by atoms with Crippen LogP contribution < -0.4 is 15.4 Å². The number of anilines is 1. The number of fused-ring (bicyclic) bond motifs is 2. The quantitative estimate of drug-likeness (QED) is 0.292. The fourth-order valence-electron chi connectivity index (χ4n) is 3.95. The lowest BCUT2D eigenvalue weighted by Crippen LogP contribution is -2.23. The highest BCUT2D eigenvalue weighted by atomic mass is 32.2.